The minimum absolute atomic E-state index is 0.139. The van der Waals surface area contributed by atoms with Crippen LogP contribution in [-0.2, 0) is 6.54 Å². The molecule has 0 unspecified atom stereocenters. The van der Waals surface area contributed by atoms with E-state index in [4.69, 9.17) is 26.4 Å². The summed E-state index contributed by atoms with van der Waals surface area (Å²) in [5, 5.41) is 4.78. The third kappa shape index (κ3) is 6.27. The van der Waals surface area contributed by atoms with Crippen molar-refractivity contribution in [2.75, 3.05) is 51.8 Å². The maximum Gasteiger partial charge on any atom is 0.253 e. The second kappa shape index (κ2) is 12.1. The van der Waals surface area contributed by atoms with Gasteiger partial charge < -0.3 is 34.3 Å². The number of rotatable bonds is 10. The molecule has 0 radical (unpaired) electrons. The molecule has 1 aromatic heterocycles. The number of anilines is 1. The van der Waals surface area contributed by atoms with Gasteiger partial charge in [0.2, 0.25) is 0 Å². The summed E-state index contributed by atoms with van der Waals surface area (Å²) in [6.07, 6.45) is 0.927. The molecule has 9 heteroatoms. The zero-order valence-corrected chi connectivity index (χ0v) is 22.0. The Bertz CT molecular complexity index is 1240. The van der Waals surface area contributed by atoms with Crippen molar-refractivity contribution in [3.63, 3.8) is 0 Å². The molecule has 0 bridgehead atoms. The highest BCUT2D eigenvalue weighted by Gasteiger charge is 2.17. The number of aromatic nitrogens is 1. The fraction of sp³-hybridized carbons (Fsp3) is 0.407. The number of pyridine rings is 1. The van der Waals surface area contributed by atoms with Crippen LogP contribution >= 0.6 is 12.2 Å². The lowest BCUT2D eigenvalue weighted by atomic mass is 10.1. The molecular formula is C27H34N4O4S. The van der Waals surface area contributed by atoms with Crippen molar-refractivity contribution in [3.8, 4) is 17.2 Å². The van der Waals surface area contributed by atoms with Crippen LogP contribution in [0.3, 0.4) is 0 Å². The summed E-state index contributed by atoms with van der Waals surface area (Å²) in [5.74, 6) is 2.13. The Morgan fingerprint density at radius 3 is 2.42 bits per heavy atom. The molecule has 1 aliphatic rings. The molecular weight excluding hydrogens is 476 g/mol. The number of thiocarbonyl (C=S) groups is 1. The van der Waals surface area contributed by atoms with Crippen LogP contribution < -0.4 is 25.1 Å². The van der Waals surface area contributed by atoms with Gasteiger partial charge in [0.1, 0.15) is 19.0 Å². The fourth-order valence-corrected chi connectivity index (χ4v) is 4.54. The average molecular weight is 511 g/mol. The van der Waals surface area contributed by atoms with Crippen LogP contribution in [0.2, 0.25) is 0 Å². The van der Waals surface area contributed by atoms with E-state index >= 15 is 0 Å². The molecule has 3 aromatic rings. The van der Waals surface area contributed by atoms with Crippen LogP contribution in [0.5, 0.6) is 17.2 Å². The van der Waals surface area contributed by atoms with Crippen molar-refractivity contribution in [2.45, 2.75) is 26.8 Å². The first-order valence-corrected chi connectivity index (χ1v) is 12.8. The molecule has 0 amide bonds. The molecule has 0 fully saturated rings. The Morgan fingerprint density at radius 1 is 1.06 bits per heavy atom. The van der Waals surface area contributed by atoms with Gasteiger partial charge in [0.15, 0.2) is 16.6 Å². The minimum Gasteiger partial charge on any atom is -0.497 e. The predicted molar refractivity (Wildman–Crippen MR) is 148 cm³/mol. The summed E-state index contributed by atoms with van der Waals surface area (Å²) in [5.41, 5.74) is 2.09. The largest absolute Gasteiger partial charge is 0.497 e. The number of fused-ring (bicyclic) bond motifs is 2. The molecule has 0 spiro atoms. The van der Waals surface area contributed by atoms with Crippen LogP contribution in [0.4, 0.5) is 5.69 Å². The molecule has 0 atom stereocenters. The van der Waals surface area contributed by atoms with E-state index < -0.39 is 0 Å². The number of hydrogen-bond acceptors (Lipinski definition) is 6. The van der Waals surface area contributed by atoms with Gasteiger partial charge in [-0.2, -0.15) is 0 Å². The van der Waals surface area contributed by atoms with Crippen molar-refractivity contribution in [1.29, 1.82) is 0 Å². The number of ether oxygens (including phenoxy) is 3. The van der Waals surface area contributed by atoms with Crippen LogP contribution in [0.15, 0.2) is 47.3 Å². The number of aromatic amines is 1. The highest BCUT2D eigenvalue weighted by molar-refractivity contribution is 7.80. The normalized spacial score (nSPS) is 12.6. The summed E-state index contributed by atoms with van der Waals surface area (Å²) < 4.78 is 16.6. The van der Waals surface area contributed by atoms with E-state index in [1.807, 2.05) is 42.5 Å². The van der Waals surface area contributed by atoms with Gasteiger partial charge >= 0.3 is 0 Å². The van der Waals surface area contributed by atoms with Gasteiger partial charge in [-0.1, -0.05) is 13.8 Å². The maximum absolute atomic E-state index is 13.0. The number of benzene rings is 2. The van der Waals surface area contributed by atoms with Gasteiger partial charge in [-0.25, -0.2) is 0 Å². The van der Waals surface area contributed by atoms with Crippen LogP contribution in [0.1, 0.15) is 25.8 Å². The molecule has 192 valence electrons. The number of H-pyrrole nitrogens is 1. The Balaban J connectivity index is 1.56. The maximum atomic E-state index is 13.0. The van der Waals surface area contributed by atoms with Crippen LogP contribution in [0, 0.1) is 0 Å². The smallest absolute Gasteiger partial charge is 0.253 e. The van der Waals surface area contributed by atoms with E-state index in [0.29, 0.717) is 41.9 Å². The van der Waals surface area contributed by atoms with E-state index in [9.17, 15) is 4.79 Å². The van der Waals surface area contributed by atoms with Gasteiger partial charge in [0, 0.05) is 29.2 Å². The molecule has 2 aromatic carbocycles. The molecule has 4 rings (SSSR count). The topological polar surface area (TPSA) is 79.1 Å². The molecule has 1 aliphatic heterocycles. The van der Waals surface area contributed by atoms with E-state index in [2.05, 4.69) is 33.9 Å². The molecule has 0 saturated heterocycles. The van der Waals surface area contributed by atoms with Gasteiger partial charge in [-0.05, 0) is 74.7 Å². The standard InChI is InChI=1S/C27H34N4O4S/c1-4-30(5-2)11-6-12-31(27(36)28-21-7-9-22(33-3)10-8-21)18-20-15-19-16-24-25(35-14-13-34-24)17-23(19)29-26(20)32/h7-10,15-17H,4-6,11-14,18H2,1-3H3,(H,28,36)(H,29,32). The molecule has 2 heterocycles. The minimum atomic E-state index is -0.139. The zero-order valence-electron chi connectivity index (χ0n) is 21.1. The summed E-state index contributed by atoms with van der Waals surface area (Å²) in [7, 11) is 1.64. The SMILES string of the molecule is CCN(CC)CCCN(Cc1cc2cc3c(cc2[nH]c1=O)OCCO3)C(=S)Nc1ccc(OC)cc1. The van der Waals surface area contributed by atoms with Crippen molar-refractivity contribution in [2.24, 2.45) is 0 Å². The third-order valence-electron chi connectivity index (χ3n) is 6.37. The number of methoxy groups -OCH3 is 1. The zero-order chi connectivity index (χ0) is 25.5. The summed E-state index contributed by atoms with van der Waals surface area (Å²) >= 11 is 5.79. The van der Waals surface area contributed by atoms with Crippen molar-refractivity contribution < 1.29 is 14.2 Å². The molecule has 2 N–H and O–H groups in total. The number of nitrogens with zero attached hydrogens (tertiary/aromatic N) is 2. The quantitative estimate of drug-likeness (QED) is 0.392. The second-order valence-electron chi connectivity index (χ2n) is 8.67. The lowest BCUT2D eigenvalue weighted by Crippen LogP contribution is -2.38. The second-order valence-corrected chi connectivity index (χ2v) is 9.05. The Hall–Kier alpha value is -3.30. The highest BCUT2D eigenvalue weighted by Crippen LogP contribution is 2.33. The van der Waals surface area contributed by atoms with Crippen molar-refractivity contribution >= 4 is 33.9 Å². The van der Waals surface area contributed by atoms with Gasteiger partial charge in [0.05, 0.1) is 19.2 Å². The first-order valence-electron chi connectivity index (χ1n) is 12.4. The van der Waals surface area contributed by atoms with Gasteiger partial charge in [0.25, 0.3) is 5.56 Å². The number of nitrogens with one attached hydrogen (secondary N) is 2. The van der Waals surface area contributed by atoms with Crippen LogP contribution in [-0.4, -0.2) is 66.4 Å². The van der Waals surface area contributed by atoms with Crippen molar-refractivity contribution in [1.82, 2.24) is 14.8 Å². The Labute approximate surface area is 217 Å². The predicted octanol–water partition coefficient (Wildman–Crippen LogP) is 4.24. The Kier molecular flexibility index (Phi) is 8.66. The monoisotopic (exact) mass is 510 g/mol. The molecule has 0 saturated carbocycles. The van der Waals surface area contributed by atoms with E-state index in [0.717, 1.165) is 54.9 Å². The molecule has 8 nitrogen and oxygen atoms in total. The van der Waals surface area contributed by atoms with E-state index in [1.54, 1.807) is 7.11 Å². The van der Waals surface area contributed by atoms with Gasteiger partial charge in [-0.3, -0.25) is 4.79 Å². The van der Waals surface area contributed by atoms with Crippen LogP contribution in [0.25, 0.3) is 10.9 Å². The molecule has 36 heavy (non-hydrogen) atoms. The third-order valence-corrected chi connectivity index (χ3v) is 6.73. The van der Waals surface area contributed by atoms with Gasteiger partial charge in [-0.15, -0.1) is 0 Å². The average Bonchev–Trinajstić information content (AvgIpc) is 2.90. The first kappa shape index (κ1) is 25.8. The summed E-state index contributed by atoms with van der Waals surface area (Å²) in [6, 6.07) is 13.3. The fourth-order valence-electron chi connectivity index (χ4n) is 4.27. The van der Waals surface area contributed by atoms with E-state index in [1.165, 1.54) is 0 Å². The first-order chi connectivity index (χ1) is 17.5. The van der Waals surface area contributed by atoms with Crippen molar-refractivity contribution in [3.05, 3.63) is 58.4 Å². The van der Waals surface area contributed by atoms with E-state index in [-0.39, 0.29) is 5.56 Å². The lowest BCUT2D eigenvalue weighted by molar-refractivity contribution is 0.172. The number of hydrogen-bond donors (Lipinski definition) is 2. The lowest BCUT2D eigenvalue weighted by Gasteiger charge is -2.27. The summed E-state index contributed by atoms with van der Waals surface area (Å²) in [6.45, 7) is 9.43. The molecule has 0 aliphatic carbocycles. The Morgan fingerprint density at radius 2 is 1.75 bits per heavy atom. The summed E-state index contributed by atoms with van der Waals surface area (Å²) in [4.78, 5) is 20.5. The highest BCUT2D eigenvalue weighted by atomic mass is 32.1.